The average molecular weight is 400 g/mol. The van der Waals surface area contributed by atoms with Gasteiger partial charge in [-0.05, 0) is 37.9 Å². The minimum atomic E-state index is -0.488. The summed E-state index contributed by atoms with van der Waals surface area (Å²) in [6, 6.07) is 13.0. The molecule has 146 valence electrons. The van der Waals surface area contributed by atoms with Crippen molar-refractivity contribution in [3.63, 3.8) is 0 Å². The molecular formula is C20H22ClN5O2. The Balaban J connectivity index is 1.88. The van der Waals surface area contributed by atoms with Crippen LogP contribution in [0.25, 0.3) is 10.9 Å². The molecule has 2 aromatic carbocycles. The number of halogens is 1. The number of nitrogens with one attached hydrogen (secondary N) is 2. The zero-order valence-electron chi connectivity index (χ0n) is 15.9. The fourth-order valence-electron chi connectivity index (χ4n) is 2.78. The number of aliphatic imine (C=N–C) groups is 1. The summed E-state index contributed by atoms with van der Waals surface area (Å²) >= 11 is 6.39. The highest BCUT2D eigenvalue weighted by Crippen LogP contribution is 2.32. The smallest absolute Gasteiger partial charge is 0.296 e. The number of hydrogen-bond acceptors (Lipinski definition) is 3. The van der Waals surface area contributed by atoms with Crippen molar-refractivity contribution >= 4 is 34.4 Å². The largest absolute Gasteiger partial charge is 0.457 e. The summed E-state index contributed by atoms with van der Waals surface area (Å²) < 4.78 is 5.98. The highest BCUT2D eigenvalue weighted by molar-refractivity contribution is 6.35. The first kappa shape index (κ1) is 19.7. The van der Waals surface area contributed by atoms with Crippen molar-refractivity contribution in [2.75, 3.05) is 21.1 Å². The molecule has 0 aliphatic rings. The molecule has 0 saturated carbocycles. The Morgan fingerprint density at radius 1 is 1.25 bits per heavy atom. The molecule has 0 saturated heterocycles. The number of ether oxygens (including phenoxy) is 1. The van der Waals surface area contributed by atoms with Crippen LogP contribution in [-0.2, 0) is 6.54 Å². The topological polar surface area (TPSA) is 95.7 Å². The normalized spacial score (nSPS) is 11.8. The molecule has 28 heavy (non-hydrogen) atoms. The number of benzene rings is 2. The summed E-state index contributed by atoms with van der Waals surface area (Å²) in [7, 11) is 5.62. The second kappa shape index (κ2) is 8.33. The van der Waals surface area contributed by atoms with Crippen molar-refractivity contribution in [1.29, 1.82) is 0 Å². The molecule has 1 aromatic heterocycles. The molecule has 8 heteroatoms. The summed E-state index contributed by atoms with van der Waals surface area (Å²) in [4.78, 5) is 21.0. The first-order valence-corrected chi connectivity index (χ1v) is 9.03. The van der Waals surface area contributed by atoms with Crippen LogP contribution in [0.3, 0.4) is 0 Å². The van der Waals surface area contributed by atoms with Crippen molar-refractivity contribution in [2.24, 2.45) is 10.7 Å². The summed E-state index contributed by atoms with van der Waals surface area (Å²) in [5, 5.41) is 3.78. The minimum Gasteiger partial charge on any atom is -0.457 e. The van der Waals surface area contributed by atoms with E-state index in [9.17, 15) is 4.79 Å². The Morgan fingerprint density at radius 3 is 2.75 bits per heavy atom. The first-order valence-electron chi connectivity index (χ1n) is 8.65. The number of carbonyl (C=O) groups is 1. The van der Waals surface area contributed by atoms with Crippen LogP contribution in [-0.4, -0.2) is 42.9 Å². The number of aromatic nitrogens is 1. The van der Waals surface area contributed by atoms with E-state index in [1.807, 2.05) is 38.4 Å². The lowest BCUT2D eigenvalue weighted by Crippen LogP contribution is -2.28. The van der Waals surface area contributed by atoms with Gasteiger partial charge in [0, 0.05) is 31.1 Å². The Hall–Kier alpha value is -3.03. The van der Waals surface area contributed by atoms with Crippen LogP contribution in [0.2, 0.25) is 5.02 Å². The number of H-pyrrole nitrogens is 1. The average Bonchev–Trinajstić information content (AvgIpc) is 3.06. The second-order valence-electron chi connectivity index (χ2n) is 6.59. The molecule has 0 aliphatic carbocycles. The van der Waals surface area contributed by atoms with E-state index >= 15 is 0 Å². The molecule has 1 amide bonds. The number of amides is 1. The highest BCUT2D eigenvalue weighted by Gasteiger charge is 2.13. The molecule has 0 unspecified atom stereocenters. The van der Waals surface area contributed by atoms with E-state index in [1.54, 1.807) is 25.2 Å². The molecule has 0 fully saturated rings. The number of aromatic amines is 1. The van der Waals surface area contributed by atoms with Crippen molar-refractivity contribution in [1.82, 2.24) is 15.2 Å². The lowest BCUT2D eigenvalue weighted by Gasteiger charge is -2.12. The van der Waals surface area contributed by atoms with Gasteiger partial charge in [-0.3, -0.25) is 4.79 Å². The zero-order chi connectivity index (χ0) is 20.3. The molecule has 0 aliphatic heterocycles. The Kier molecular flexibility index (Phi) is 5.87. The van der Waals surface area contributed by atoms with Gasteiger partial charge >= 0.3 is 0 Å². The molecule has 4 N–H and O–H groups in total. The number of guanidine groups is 1. The predicted molar refractivity (Wildman–Crippen MR) is 112 cm³/mol. The fourth-order valence-corrected chi connectivity index (χ4v) is 3.04. The van der Waals surface area contributed by atoms with Crippen LogP contribution < -0.4 is 15.8 Å². The standard InChI is InChI=1S/C20H22ClN5O2/c1-23-20(22)25-19(27)18-10-15-16(21)8-14(9-17(15)24-18)28-13-6-4-5-12(7-13)11-26(2)3/h4-10,24H,11H2,1-3H3,(H3,22,23,25,27). The van der Waals surface area contributed by atoms with Gasteiger partial charge in [0.2, 0.25) is 0 Å². The van der Waals surface area contributed by atoms with Crippen molar-refractivity contribution < 1.29 is 9.53 Å². The molecule has 0 atom stereocenters. The third kappa shape index (κ3) is 4.62. The second-order valence-corrected chi connectivity index (χ2v) is 7.00. The van der Waals surface area contributed by atoms with E-state index in [-0.39, 0.29) is 5.96 Å². The van der Waals surface area contributed by atoms with Gasteiger partial charge in [0.1, 0.15) is 17.2 Å². The van der Waals surface area contributed by atoms with Crippen molar-refractivity contribution in [2.45, 2.75) is 6.54 Å². The number of fused-ring (bicyclic) bond motifs is 1. The van der Waals surface area contributed by atoms with Gasteiger partial charge in [-0.2, -0.15) is 4.99 Å². The number of hydrogen-bond donors (Lipinski definition) is 3. The van der Waals surface area contributed by atoms with Crippen LogP contribution in [0.4, 0.5) is 0 Å². The van der Waals surface area contributed by atoms with Gasteiger partial charge in [-0.25, -0.2) is 0 Å². The summed E-state index contributed by atoms with van der Waals surface area (Å²) in [6.07, 6.45) is 0. The minimum absolute atomic E-state index is 0.0383. The Labute approximate surface area is 168 Å². The molecule has 0 bridgehead atoms. The molecule has 7 nitrogen and oxygen atoms in total. The van der Waals surface area contributed by atoms with E-state index in [0.29, 0.717) is 33.1 Å². The number of rotatable bonds is 5. The maximum Gasteiger partial charge on any atom is 0.296 e. The molecule has 3 rings (SSSR count). The van der Waals surface area contributed by atoms with E-state index in [1.165, 1.54) is 0 Å². The summed E-state index contributed by atoms with van der Waals surface area (Å²) in [5.41, 5.74) is 7.65. The van der Waals surface area contributed by atoms with Crippen molar-refractivity contribution in [3.8, 4) is 11.5 Å². The Morgan fingerprint density at radius 2 is 2.04 bits per heavy atom. The van der Waals surface area contributed by atoms with Gasteiger partial charge in [0.25, 0.3) is 5.91 Å². The SMILES string of the molecule is CNC(N)=NC(=O)c1cc2c(Cl)cc(Oc3cccc(CN(C)C)c3)cc2[nH]1. The van der Waals surface area contributed by atoms with Gasteiger partial charge in [-0.1, -0.05) is 23.7 Å². The van der Waals surface area contributed by atoms with Crippen LogP contribution in [0.15, 0.2) is 47.5 Å². The van der Waals surface area contributed by atoms with E-state index in [4.69, 9.17) is 22.1 Å². The highest BCUT2D eigenvalue weighted by atomic mass is 35.5. The van der Waals surface area contributed by atoms with Gasteiger partial charge in [-0.15, -0.1) is 0 Å². The van der Waals surface area contributed by atoms with E-state index < -0.39 is 5.91 Å². The molecule has 0 spiro atoms. The Bertz CT molecular complexity index is 1040. The number of nitrogens with two attached hydrogens (primary N) is 1. The third-order valence-electron chi connectivity index (χ3n) is 4.00. The lowest BCUT2D eigenvalue weighted by molar-refractivity contribution is 0.0998. The van der Waals surface area contributed by atoms with Crippen LogP contribution in [0, 0.1) is 0 Å². The van der Waals surface area contributed by atoms with Gasteiger partial charge < -0.3 is 25.7 Å². The summed E-state index contributed by atoms with van der Waals surface area (Å²) in [5.74, 6) is 0.831. The maximum atomic E-state index is 12.2. The summed E-state index contributed by atoms with van der Waals surface area (Å²) in [6.45, 7) is 0.815. The van der Waals surface area contributed by atoms with E-state index in [2.05, 4.69) is 20.2 Å². The van der Waals surface area contributed by atoms with Gasteiger partial charge in [0.05, 0.1) is 10.5 Å². The van der Waals surface area contributed by atoms with Crippen LogP contribution in [0.1, 0.15) is 16.1 Å². The predicted octanol–water partition coefficient (Wildman–Crippen LogP) is 3.35. The molecule has 3 aromatic rings. The van der Waals surface area contributed by atoms with E-state index in [0.717, 1.165) is 12.1 Å². The van der Waals surface area contributed by atoms with Crippen LogP contribution in [0.5, 0.6) is 11.5 Å². The first-order chi connectivity index (χ1) is 13.4. The fraction of sp³-hybridized carbons (Fsp3) is 0.200. The number of carbonyl (C=O) groups excluding carboxylic acids is 1. The monoisotopic (exact) mass is 399 g/mol. The van der Waals surface area contributed by atoms with Crippen LogP contribution >= 0.6 is 11.6 Å². The lowest BCUT2D eigenvalue weighted by atomic mass is 10.2. The maximum absolute atomic E-state index is 12.2. The zero-order valence-corrected chi connectivity index (χ0v) is 16.7. The quantitative estimate of drug-likeness (QED) is 0.451. The molecule has 0 radical (unpaired) electrons. The van der Waals surface area contributed by atoms with Gasteiger partial charge in [0.15, 0.2) is 5.96 Å². The molecule has 1 heterocycles. The molecular weight excluding hydrogens is 378 g/mol. The van der Waals surface area contributed by atoms with Crippen molar-refractivity contribution in [3.05, 3.63) is 58.7 Å². The third-order valence-corrected chi connectivity index (χ3v) is 4.32. The number of nitrogens with zero attached hydrogens (tertiary/aromatic N) is 2.